The van der Waals surface area contributed by atoms with Crippen molar-refractivity contribution in [3.63, 3.8) is 0 Å². The molecule has 5 rings (SSSR count). The van der Waals surface area contributed by atoms with Crippen molar-refractivity contribution in [3.8, 4) is 5.75 Å². The van der Waals surface area contributed by atoms with Crippen LogP contribution < -0.4 is 15.4 Å². The molecule has 36 heavy (non-hydrogen) atoms. The molecule has 1 spiro atoms. The summed E-state index contributed by atoms with van der Waals surface area (Å²) in [6.07, 6.45) is 8.95. The molecule has 1 saturated carbocycles. The molecule has 0 radical (unpaired) electrons. The fraction of sp³-hybridized carbons (Fsp3) is 0.593. The Balaban J connectivity index is 1.41. The maximum atomic E-state index is 13.8. The number of likely N-dealkylation sites (tertiary alicyclic amines) is 1. The third kappa shape index (κ3) is 4.28. The number of carbonyl (C=O) groups excluding carboxylic acids is 3. The second-order valence-corrected chi connectivity index (χ2v) is 10.1. The first-order chi connectivity index (χ1) is 17.5. The molecule has 9 nitrogen and oxygen atoms in total. The lowest BCUT2D eigenvalue weighted by Gasteiger charge is -2.34. The Hall–Kier alpha value is -2.91. The molecule has 2 N–H and O–H groups in total. The quantitative estimate of drug-likeness (QED) is 0.401. The van der Waals surface area contributed by atoms with Crippen molar-refractivity contribution in [3.05, 3.63) is 36.4 Å². The summed E-state index contributed by atoms with van der Waals surface area (Å²) >= 11 is 0. The van der Waals surface area contributed by atoms with Crippen LogP contribution in [0.25, 0.3) is 0 Å². The van der Waals surface area contributed by atoms with Crippen LogP contribution in [0.1, 0.15) is 38.5 Å². The zero-order valence-corrected chi connectivity index (χ0v) is 20.9. The van der Waals surface area contributed by atoms with Crippen LogP contribution in [0.2, 0.25) is 0 Å². The number of anilines is 1. The molecular weight excluding hydrogens is 462 g/mol. The molecule has 0 aromatic heterocycles. The van der Waals surface area contributed by atoms with Gasteiger partial charge < -0.3 is 29.7 Å². The molecule has 3 fully saturated rings. The van der Waals surface area contributed by atoms with Gasteiger partial charge in [0.25, 0.3) is 0 Å². The van der Waals surface area contributed by atoms with Gasteiger partial charge in [-0.15, -0.1) is 0 Å². The fourth-order valence-corrected chi connectivity index (χ4v) is 6.34. The number of carbonyl (C=O) groups is 3. The number of benzene rings is 1. The van der Waals surface area contributed by atoms with Gasteiger partial charge in [0.1, 0.15) is 17.4 Å². The summed E-state index contributed by atoms with van der Waals surface area (Å²) in [6.45, 7) is 0.831. The first kappa shape index (κ1) is 24.8. The van der Waals surface area contributed by atoms with E-state index in [1.165, 1.54) is 6.42 Å². The standard InChI is InChI=1S/C27H35N3O6/c1-34-15-7-14-30-23(25(32)28-17-8-4-3-5-9-17)27-13-12-20(36-27)21(22(27)26(30)33)24(31)29-18-10-6-11-19(16-18)35-2/h6,10-13,16-17,20-23H,3-5,7-9,14-15H2,1-2H3,(H,28,32)(H,29,31)/t20-,21-,22-,23-,27+/m1/s1. The lowest BCUT2D eigenvalue weighted by atomic mass is 9.74. The minimum absolute atomic E-state index is 0.104. The van der Waals surface area contributed by atoms with Crippen LogP contribution in [-0.2, 0) is 23.9 Å². The summed E-state index contributed by atoms with van der Waals surface area (Å²) in [4.78, 5) is 42.6. The van der Waals surface area contributed by atoms with E-state index in [9.17, 15) is 14.4 Å². The van der Waals surface area contributed by atoms with Crippen molar-refractivity contribution in [2.24, 2.45) is 11.8 Å². The Kier molecular flexibility index (Phi) is 7.03. The van der Waals surface area contributed by atoms with Crippen molar-refractivity contribution in [1.82, 2.24) is 10.2 Å². The molecule has 4 aliphatic rings. The van der Waals surface area contributed by atoms with Gasteiger partial charge in [0.05, 0.1) is 25.0 Å². The number of nitrogens with one attached hydrogen (secondary N) is 2. The lowest BCUT2D eigenvalue weighted by molar-refractivity contribution is -0.141. The molecule has 3 amide bonds. The largest absolute Gasteiger partial charge is 0.497 e. The highest BCUT2D eigenvalue weighted by molar-refractivity contribution is 6.02. The Morgan fingerprint density at radius 1 is 1.17 bits per heavy atom. The summed E-state index contributed by atoms with van der Waals surface area (Å²) in [5, 5.41) is 6.12. The molecule has 2 bridgehead atoms. The topological polar surface area (TPSA) is 106 Å². The van der Waals surface area contributed by atoms with E-state index in [-0.39, 0.29) is 23.8 Å². The fourth-order valence-electron chi connectivity index (χ4n) is 6.34. The van der Waals surface area contributed by atoms with E-state index in [4.69, 9.17) is 14.2 Å². The predicted octanol–water partition coefficient (Wildman–Crippen LogP) is 2.27. The number of amides is 3. The molecular formula is C27H35N3O6. The van der Waals surface area contributed by atoms with Gasteiger partial charge in [0.15, 0.2) is 0 Å². The number of methoxy groups -OCH3 is 2. The number of ether oxygens (including phenoxy) is 3. The van der Waals surface area contributed by atoms with E-state index in [1.807, 2.05) is 12.2 Å². The van der Waals surface area contributed by atoms with Gasteiger partial charge in [-0.2, -0.15) is 0 Å². The Bertz CT molecular complexity index is 1040. The van der Waals surface area contributed by atoms with Crippen LogP contribution in [0.4, 0.5) is 5.69 Å². The van der Waals surface area contributed by atoms with Gasteiger partial charge in [0, 0.05) is 38.1 Å². The van der Waals surface area contributed by atoms with Crippen LogP contribution in [0.5, 0.6) is 5.75 Å². The molecule has 1 aliphatic carbocycles. The second kappa shape index (κ2) is 10.2. The monoisotopic (exact) mass is 497 g/mol. The number of hydrogen-bond donors (Lipinski definition) is 2. The van der Waals surface area contributed by atoms with Crippen molar-refractivity contribution in [1.29, 1.82) is 0 Å². The summed E-state index contributed by atoms with van der Waals surface area (Å²) in [6, 6.07) is 6.37. The molecule has 1 aromatic rings. The van der Waals surface area contributed by atoms with Gasteiger partial charge in [-0.25, -0.2) is 0 Å². The molecule has 3 heterocycles. The number of nitrogens with zero attached hydrogens (tertiary/aromatic N) is 1. The first-order valence-corrected chi connectivity index (χ1v) is 12.9. The molecule has 9 heteroatoms. The van der Waals surface area contributed by atoms with Crippen LogP contribution in [0.3, 0.4) is 0 Å². The van der Waals surface area contributed by atoms with E-state index in [0.717, 1.165) is 25.7 Å². The Morgan fingerprint density at radius 2 is 1.97 bits per heavy atom. The summed E-state index contributed by atoms with van der Waals surface area (Å²) in [7, 11) is 3.17. The van der Waals surface area contributed by atoms with Crippen molar-refractivity contribution < 1.29 is 28.6 Å². The highest BCUT2D eigenvalue weighted by atomic mass is 16.5. The summed E-state index contributed by atoms with van der Waals surface area (Å²) < 4.78 is 16.8. The molecule has 3 aliphatic heterocycles. The number of rotatable bonds is 9. The van der Waals surface area contributed by atoms with Gasteiger partial charge in [-0.05, 0) is 31.4 Å². The average molecular weight is 498 g/mol. The average Bonchev–Trinajstić information content (AvgIpc) is 3.52. The maximum Gasteiger partial charge on any atom is 0.246 e. The van der Waals surface area contributed by atoms with Crippen LogP contribution in [0.15, 0.2) is 36.4 Å². The summed E-state index contributed by atoms with van der Waals surface area (Å²) in [5.41, 5.74) is -0.571. The van der Waals surface area contributed by atoms with Crippen LogP contribution in [0, 0.1) is 11.8 Å². The predicted molar refractivity (Wildman–Crippen MR) is 132 cm³/mol. The number of hydrogen-bond acceptors (Lipinski definition) is 6. The maximum absolute atomic E-state index is 13.8. The minimum atomic E-state index is -1.15. The highest BCUT2D eigenvalue weighted by Crippen LogP contribution is 2.55. The Labute approximate surface area is 211 Å². The second-order valence-electron chi connectivity index (χ2n) is 10.1. The molecule has 1 aromatic carbocycles. The number of fused-ring (bicyclic) bond motifs is 1. The zero-order chi connectivity index (χ0) is 25.3. The molecule has 194 valence electrons. The SMILES string of the molecule is COCCCN1C(=O)[C@H]2[C@H](C(=O)Nc3cccc(OC)c3)[C@H]3C=C[C@@]2(O3)[C@H]1C(=O)NC1CCCCC1. The van der Waals surface area contributed by atoms with Crippen molar-refractivity contribution >= 4 is 23.4 Å². The summed E-state index contributed by atoms with van der Waals surface area (Å²) in [5.74, 6) is -1.59. The van der Waals surface area contributed by atoms with Crippen LogP contribution >= 0.6 is 0 Å². The van der Waals surface area contributed by atoms with E-state index >= 15 is 0 Å². The van der Waals surface area contributed by atoms with Gasteiger partial charge in [0.2, 0.25) is 17.7 Å². The van der Waals surface area contributed by atoms with Crippen molar-refractivity contribution in [2.75, 3.05) is 32.7 Å². The highest BCUT2D eigenvalue weighted by Gasteiger charge is 2.72. The van der Waals surface area contributed by atoms with Crippen molar-refractivity contribution in [2.45, 2.75) is 62.3 Å². The van der Waals surface area contributed by atoms with E-state index < -0.39 is 29.6 Å². The van der Waals surface area contributed by atoms with Gasteiger partial charge in [-0.3, -0.25) is 14.4 Å². The molecule has 2 saturated heterocycles. The normalized spacial score (nSPS) is 30.9. The molecule has 5 atom stereocenters. The molecule has 0 unspecified atom stereocenters. The smallest absolute Gasteiger partial charge is 0.246 e. The van der Waals surface area contributed by atoms with Gasteiger partial charge in [-0.1, -0.05) is 37.5 Å². The van der Waals surface area contributed by atoms with E-state index in [2.05, 4.69) is 10.6 Å². The Morgan fingerprint density at radius 3 is 2.72 bits per heavy atom. The first-order valence-electron chi connectivity index (χ1n) is 12.9. The lowest BCUT2D eigenvalue weighted by Crippen LogP contribution is -2.56. The van der Waals surface area contributed by atoms with Crippen LogP contribution in [-0.4, -0.2) is 73.8 Å². The third-order valence-electron chi connectivity index (χ3n) is 7.96. The third-order valence-corrected chi connectivity index (χ3v) is 7.96. The van der Waals surface area contributed by atoms with E-state index in [1.54, 1.807) is 43.4 Å². The van der Waals surface area contributed by atoms with Gasteiger partial charge >= 0.3 is 0 Å². The minimum Gasteiger partial charge on any atom is -0.497 e. The zero-order valence-electron chi connectivity index (χ0n) is 20.9. The van der Waals surface area contributed by atoms with E-state index in [0.29, 0.717) is 31.0 Å².